The highest BCUT2D eigenvalue weighted by Gasteiger charge is 2.31. The zero-order chi connectivity index (χ0) is 17.3. The minimum Gasteiger partial charge on any atom is -0.323 e. The van der Waals surface area contributed by atoms with E-state index >= 15 is 0 Å². The molecule has 0 radical (unpaired) electrons. The third-order valence-corrected chi connectivity index (χ3v) is 4.80. The maximum atomic E-state index is 4.94. The molecule has 0 saturated carbocycles. The number of nitrogens with one attached hydrogen (secondary N) is 1. The Bertz CT molecular complexity index is 1030. The van der Waals surface area contributed by atoms with Crippen molar-refractivity contribution in [3.8, 4) is 0 Å². The molecule has 1 aromatic heterocycles. The molecule has 0 amide bonds. The van der Waals surface area contributed by atoms with Crippen molar-refractivity contribution in [2.75, 3.05) is 5.01 Å². The van der Waals surface area contributed by atoms with Gasteiger partial charge >= 0.3 is 0 Å². The van der Waals surface area contributed by atoms with Crippen LogP contribution < -0.4 is 5.01 Å². The second-order valence-electron chi connectivity index (χ2n) is 6.47. The summed E-state index contributed by atoms with van der Waals surface area (Å²) in [7, 11) is 0. The van der Waals surface area contributed by atoms with E-state index < -0.39 is 0 Å². The fraction of sp³-hybridized carbons (Fsp3) is 0.0909. The summed E-state index contributed by atoms with van der Waals surface area (Å²) >= 11 is 0. The van der Waals surface area contributed by atoms with Crippen LogP contribution >= 0.6 is 0 Å². The first kappa shape index (κ1) is 14.9. The maximum absolute atomic E-state index is 4.94. The molecule has 0 saturated heterocycles. The van der Waals surface area contributed by atoms with Crippen LogP contribution in [0.2, 0.25) is 0 Å². The van der Waals surface area contributed by atoms with E-state index in [0.717, 1.165) is 34.7 Å². The summed E-state index contributed by atoms with van der Waals surface area (Å²) in [5.41, 5.74) is 5.46. The van der Waals surface area contributed by atoms with Gasteiger partial charge in [0.1, 0.15) is 0 Å². The quantitative estimate of drug-likeness (QED) is 0.576. The number of aromatic amines is 1. The van der Waals surface area contributed by atoms with Gasteiger partial charge in [-0.1, -0.05) is 72.8 Å². The molecule has 1 atom stereocenters. The fourth-order valence-electron chi connectivity index (χ4n) is 3.49. The first-order valence-electron chi connectivity index (χ1n) is 8.80. The number of para-hydroxylation sites is 2. The van der Waals surface area contributed by atoms with Crippen molar-refractivity contribution >= 4 is 22.7 Å². The normalized spacial score (nSPS) is 16.8. The highest BCUT2D eigenvalue weighted by Crippen LogP contribution is 2.35. The van der Waals surface area contributed by atoms with Gasteiger partial charge in [-0.25, -0.2) is 9.99 Å². The van der Waals surface area contributed by atoms with E-state index in [1.54, 1.807) is 0 Å². The Morgan fingerprint density at radius 3 is 2.27 bits per heavy atom. The Morgan fingerprint density at radius 2 is 1.50 bits per heavy atom. The van der Waals surface area contributed by atoms with Gasteiger partial charge in [-0.05, 0) is 23.3 Å². The number of hydrogen-bond acceptors (Lipinski definition) is 3. The monoisotopic (exact) mass is 338 g/mol. The lowest BCUT2D eigenvalue weighted by Gasteiger charge is -2.21. The number of hydrogen-bond donors (Lipinski definition) is 1. The van der Waals surface area contributed by atoms with Crippen LogP contribution in [0.3, 0.4) is 0 Å². The highest BCUT2D eigenvalue weighted by atomic mass is 15.5. The molecule has 0 bridgehead atoms. The minimum absolute atomic E-state index is 0.131. The molecule has 26 heavy (non-hydrogen) atoms. The number of benzene rings is 3. The lowest BCUT2D eigenvalue weighted by molar-refractivity contribution is 0.692. The second-order valence-corrected chi connectivity index (χ2v) is 6.47. The first-order chi connectivity index (χ1) is 12.9. The molecule has 126 valence electrons. The number of rotatable bonds is 3. The van der Waals surface area contributed by atoms with Crippen LogP contribution in [0.25, 0.3) is 11.0 Å². The molecule has 4 nitrogen and oxygen atoms in total. The molecular weight excluding hydrogens is 320 g/mol. The highest BCUT2D eigenvalue weighted by molar-refractivity contribution is 6.03. The average Bonchev–Trinajstić information content (AvgIpc) is 3.33. The number of imidazole rings is 1. The summed E-state index contributed by atoms with van der Waals surface area (Å²) < 4.78 is 0. The van der Waals surface area contributed by atoms with E-state index in [2.05, 4.69) is 53.5 Å². The molecule has 4 heteroatoms. The fourth-order valence-corrected chi connectivity index (χ4v) is 3.49. The molecular formula is C22H18N4. The smallest absolute Gasteiger partial charge is 0.225 e. The van der Waals surface area contributed by atoms with Gasteiger partial charge < -0.3 is 4.98 Å². The zero-order valence-corrected chi connectivity index (χ0v) is 14.2. The van der Waals surface area contributed by atoms with E-state index in [9.17, 15) is 0 Å². The third kappa shape index (κ3) is 2.56. The van der Waals surface area contributed by atoms with Crippen molar-refractivity contribution in [3.05, 3.63) is 96.1 Å². The van der Waals surface area contributed by atoms with E-state index in [-0.39, 0.29) is 6.04 Å². The van der Waals surface area contributed by atoms with Crippen LogP contribution in [0.5, 0.6) is 0 Å². The zero-order valence-electron chi connectivity index (χ0n) is 14.2. The third-order valence-electron chi connectivity index (χ3n) is 4.80. The number of anilines is 1. The van der Waals surface area contributed by atoms with Gasteiger partial charge in [-0.15, -0.1) is 0 Å². The van der Waals surface area contributed by atoms with Crippen molar-refractivity contribution < 1.29 is 0 Å². The molecule has 2 heterocycles. The van der Waals surface area contributed by atoms with Crippen LogP contribution in [0, 0.1) is 0 Å². The molecule has 1 N–H and O–H groups in total. The largest absolute Gasteiger partial charge is 0.323 e. The van der Waals surface area contributed by atoms with Gasteiger partial charge in [-0.3, -0.25) is 0 Å². The van der Waals surface area contributed by atoms with Gasteiger partial charge in [0.2, 0.25) is 5.95 Å². The van der Waals surface area contributed by atoms with Crippen LogP contribution in [0.15, 0.2) is 90.0 Å². The van der Waals surface area contributed by atoms with Gasteiger partial charge in [0.15, 0.2) is 0 Å². The summed E-state index contributed by atoms with van der Waals surface area (Å²) in [6, 6.07) is 29.1. The number of H-pyrrole nitrogens is 1. The van der Waals surface area contributed by atoms with Gasteiger partial charge in [0.25, 0.3) is 0 Å². The van der Waals surface area contributed by atoms with Crippen LogP contribution in [0.4, 0.5) is 5.95 Å². The number of hydrazone groups is 1. The first-order valence-corrected chi connectivity index (χ1v) is 8.80. The number of nitrogens with zero attached hydrogens (tertiary/aromatic N) is 3. The Labute approximate surface area is 151 Å². The van der Waals surface area contributed by atoms with Gasteiger partial charge in [0.05, 0.1) is 22.8 Å². The molecule has 3 aromatic carbocycles. The van der Waals surface area contributed by atoms with Gasteiger partial charge in [0, 0.05) is 6.42 Å². The topological polar surface area (TPSA) is 44.3 Å². The summed E-state index contributed by atoms with van der Waals surface area (Å²) in [5, 5.41) is 6.96. The number of aromatic nitrogens is 2. The molecule has 4 aromatic rings. The van der Waals surface area contributed by atoms with E-state index in [4.69, 9.17) is 10.1 Å². The predicted molar refractivity (Wildman–Crippen MR) is 105 cm³/mol. The van der Waals surface area contributed by atoms with Crippen LogP contribution in [-0.2, 0) is 0 Å². The molecule has 1 aliphatic heterocycles. The minimum atomic E-state index is 0.131. The van der Waals surface area contributed by atoms with Crippen molar-refractivity contribution in [2.45, 2.75) is 12.5 Å². The predicted octanol–water partition coefficient (Wildman–Crippen LogP) is 4.92. The van der Waals surface area contributed by atoms with Crippen molar-refractivity contribution in [2.24, 2.45) is 5.10 Å². The summed E-state index contributed by atoms with van der Waals surface area (Å²) in [5.74, 6) is 0.783. The standard InChI is InChI=1S/C22H18N4/c1-3-9-16(10-4-1)20-15-21(17-11-5-2-6-12-17)26(25-20)22-23-18-13-7-8-14-19(18)24-22/h1-14,21H,15H2,(H,23,24)/t21-/m0/s1. The Kier molecular flexibility index (Phi) is 3.53. The summed E-state index contributed by atoms with van der Waals surface area (Å²) in [4.78, 5) is 8.18. The molecule has 5 rings (SSSR count). The van der Waals surface area contributed by atoms with Crippen molar-refractivity contribution in [3.63, 3.8) is 0 Å². The van der Waals surface area contributed by atoms with Crippen LogP contribution in [0.1, 0.15) is 23.6 Å². The Balaban J connectivity index is 1.61. The van der Waals surface area contributed by atoms with Gasteiger partial charge in [-0.2, -0.15) is 5.10 Å². The molecule has 1 aliphatic rings. The van der Waals surface area contributed by atoms with E-state index in [1.807, 2.05) is 41.4 Å². The SMILES string of the molecule is c1ccc(C2=NN(c3nc4ccccc4[nH]3)[C@H](c3ccccc3)C2)cc1. The van der Waals surface area contributed by atoms with Crippen LogP contribution in [-0.4, -0.2) is 15.7 Å². The number of fused-ring (bicyclic) bond motifs is 1. The lowest BCUT2D eigenvalue weighted by Crippen LogP contribution is -2.19. The molecule has 0 aliphatic carbocycles. The Hall–Kier alpha value is -3.40. The molecule has 0 unspecified atom stereocenters. The molecule has 0 spiro atoms. The summed E-state index contributed by atoms with van der Waals surface area (Å²) in [6.45, 7) is 0. The van der Waals surface area contributed by atoms with E-state index in [1.165, 1.54) is 5.56 Å². The summed E-state index contributed by atoms with van der Waals surface area (Å²) in [6.07, 6.45) is 0.852. The Morgan fingerprint density at radius 1 is 0.808 bits per heavy atom. The maximum Gasteiger partial charge on any atom is 0.225 e. The average molecular weight is 338 g/mol. The second kappa shape index (κ2) is 6.15. The van der Waals surface area contributed by atoms with E-state index in [0.29, 0.717) is 0 Å². The van der Waals surface area contributed by atoms with Crippen molar-refractivity contribution in [1.29, 1.82) is 0 Å². The lowest BCUT2D eigenvalue weighted by atomic mass is 9.99. The molecule has 0 fully saturated rings. The van der Waals surface area contributed by atoms with Crippen molar-refractivity contribution in [1.82, 2.24) is 9.97 Å².